The molecule has 2 rings (SSSR count). The second-order valence-corrected chi connectivity index (χ2v) is 5.94. The summed E-state index contributed by atoms with van der Waals surface area (Å²) in [6.07, 6.45) is 4.90. The van der Waals surface area contributed by atoms with E-state index in [0.29, 0.717) is 15.3 Å². The van der Waals surface area contributed by atoms with Gasteiger partial charge < -0.3 is 11.1 Å². The largest absolute Gasteiger partial charge is 0.397 e. The first-order valence-corrected chi connectivity index (χ1v) is 7.19. The molecule has 1 aromatic rings. The van der Waals surface area contributed by atoms with E-state index in [2.05, 4.69) is 12.2 Å². The Morgan fingerprint density at radius 2 is 2.24 bits per heavy atom. The number of nitrogen functional groups attached to an aromatic ring is 1. The summed E-state index contributed by atoms with van der Waals surface area (Å²) in [7, 11) is 0. The molecule has 1 unspecified atom stereocenters. The third kappa shape index (κ3) is 3.47. The van der Waals surface area contributed by atoms with Crippen molar-refractivity contribution in [2.24, 2.45) is 5.92 Å². The van der Waals surface area contributed by atoms with Gasteiger partial charge in [0.05, 0.1) is 14.9 Å². The topological polar surface area (TPSA) is 38.0 Å². The van der Waals surface area contributed by atoms with E-state index in [1.165, 1.54) is 25.3 Å². The van der Waals surface area contributed by atoms with E-state index in [9.17, 15) is 4.39 Å². The highest BCUT2D eigenvalue weighted by Crippen LogP contribution is 2.35. The lowest BCUT2D eigenvalue weighted by atomic mass is 10.1. The van der Waals surface area contributed by atoms with Gasteiger partial charge in [0.15, 0.2) is 0 Å². The van der Waals surface area contributed by atoms with Crippen LogP contribution in [0, 0.1) is 15.3 Å². The molecule has 0 saturated heterocycles. The zero-order chi connectivity index (χ0) is 12.4. The molecule has 3 N–H and O–H groups in total. The van der Waals surface area contributed by atoms with Crippen molar-refractivity contribution in [1.82, 2.24) is 0 Å². The van der Waals surface area contributed by atoms with Crippen LogP contribution in [0.4, 0.5) is 15.8 Å². The highest BCUT2D eigenvalue weighted by Gasteiger charge is 2.25. The van der Waals surface area contributed by atoms with Crippen molar-refractivity contribution in [2.75, 3.05) is 11.1 Å². The number of rotatable bonds is 5. The molecule has 4 heteroatoms. The van der Waals surface area contributed by atoms with E-state index in [1.54, 1.807) is 6.07 Å². The van der Waals surface area contributed by atoms with Crippen molar-refractivity contribution < 1.29 is 4.39 Å². The molecule has 94 valence electrons. The van der Waals surface area contributed by atoms with Gasteiger partial charge in [-0.25, -0.2) is 4.39 Å². The zero-order valence-corrected chi connectivity index (χ0v) is 12.1. The van der Waals surface area contributed by atoms with Crippen molar-refractivity contribution in [2.45, 2.75) is 38.6 Å². The van der Waals surface area contributed by atoms with Crippen LogP contribution < -0.4 is 11.1 Å². The maximum Gasteiger partial charge on any atom is 0.138 e. The average Bonchev–Trinajstić information content (AvgIpc) is 3.08. The van der Waals surface area contributed by atoms with Crippen LogP contribution in [-0.2, 0) is 0 Å². The molecular formula is C13H18FIN2. The summed E-state index contributed by atoms with van der Waals surface area (Å²) in [6, 6.07) is 3.60. The van der Waals surface area contributed by atoms with E-state index in [0.717, 1.165) is 18.0 Å². The average molecular weight is 348 g/mol. The fourth-order valence-corrected chi connectivity index (χ4v) is 2.48. The van der Waals surface area contributed by atoms with Gasteiger partial charge in [-0.15, -0.1) is 0 Å². The Kier molecular flexibility index (Phi) is 4.12. The number of halogens is 2. The molecule has 17 heavy (non-hydrogen) atoms. The predicted molar refractivity (Wildman–Crippen MR) is 78.6 cm³/mol. The Bertz CT molecular complexity index is 405. The number of anilines is 2. The van der Waals surface area contributed by atoms with E-state index >= 15 is 0 Å². The smallest absolute Gasteiger partial charge is 0.138 e. The molecule has 0 radical (unpaired) electrons. The maximum absolute atomic E-state index is 13.5. The summed E-state index contributed by atoms with van der Waals surface area (Å²) < 4.78 is 14.1. The number of hydrogen-bond donors (Lipinski definition) is 2. The normalized spacial score (nSPS) is 16.9. The van der Waals surface area contributed by atoms with Crippen molar-refractivity contribution in [1.29, 1.82) is 0 Å². The molecule has 0 aliphatic heterocycles. The third-order valence-electron chi connectivity index (χ3n) is 3.26. The molecule has 0 amide bonds. The molecular weight excluding hydrogens is 330 g/mol. The summed E-state index contributed by atoms with van der Waals surface area (Å²) >= 11 is 1.96. The van der Waals surface area contributed by atoms with Gasteiger partial charge in [-0.05, 0) is 47.4 Å². The molecule has 1 saturated carbocycles. The number of benzene rings is 1. The molecule has 0 heterocycles. The van der Waals surface area contributed by atoms with Crippen LogP contribution in [-0.4, -0.2) is 6.04 Å². The minimum absolute atomic E-state index is 0.205. The Labute approximate surface area is 115 Å². The third-order valence-corrected chi connectivity index (χ3v) is 4.09. The van der Waals surface area contributed by atoms with Crippen LogP contribution in [0.1, 0.15) is 32.6 Å². The van der Waals surface area contributed by atoms with Crippen LogP contribution in [0.2, 0.25) is 0 Å². The first-order valence-electron chi connectivity index (χ1n) is 6.11. The molecule has 2 nitrogen and oxygen atoms in total. The van der Waals surface area contributed by atoms with Gasteiger partial charge >= 0.3 is 0 Å². The standard InChI is InChI=1S/C13H18FIN2/c1-2-9(5-8-3-4-8)17-13-6-10(14)11(15)7-12(13)16/h6-9,17H,2-5,16H2,1H3. The lowest BCUT2D eigenvalue weighted by Gasteiger charge is -2.19. The summed E-state index contributed by atoms with van der Waals surface area (Å²) in [4.78, 5) is 0. The van der Waals surface area contributed by atoms with Gasteiger partial charge in [-0.2, -0.15) is 0 Å². The van der Waals surface area contributed by atoms with Crippen LogP contribution >= 0.6 is 22.6 Å². The molecule has 0 aromatic heterocycles. The Balaban J connectivity index is 2.07. The van der Waals surface area contributed by atoms with Gasteiger partial charge in [0.2, 0.25) is 0 Å². The molecule has 1 aliphatic rings. The highest BCUT2D eigenvalue weighted by molar-refractivity contribution is 14.1. The SMILES string of the molecule is CCC(CC1CC1)Nc1cc(F)c(I)cc1N. The van der Waals surface area contributed by atoms with Crippen LogP contribution in [0.25, 0.3) is 0 Å². The first-order chi connectivity index (χ1) is 8.10. The van der Waals surface area contributed by atoms with Crippen molar-refractivity contribution >= 4 is 34.0 Å². The number of nitrogens with two attached hydrogens (primary N) is 1. The van der Waals surface area contributed by atoms with Crippen LogP contribution in [0.3, 0.4) is 0 Å². The minimum atomic E-state index is -0.205. The maximum atomic E-state index is 13.5. The van der Waals surface area contributed by atoms with Gasteiger partial charge in [0, 0.05) is 12.1 Å². The summed E-state index contributed by atoms with van der Waals surface area (Å²) in [5, 5.41) is 3.37. The predicted octanol–water partition coefficient (Wildman–Crippen LogP) is 4.00. The lowest BCUT2D eigenvalue weighted by molar-refractivity contribution is 0.585. The summed E-state index contributed by atoms with van der Waals surface area (Å²) in [6.45, 7) is 2.15. The highest BCUT2D eigenvalue weighted by atomic mass is 127. The van der Waals surface area contributed by atoms with Gasteiger partial charge in [0.1, 0.15) is 5.82 Å². The quantitative estimate of drug-likeness (QED) is 0.624. The Morgan fingerprint density at radius 3 is 2.82 bits per heavy atom. The van der Waals surface area contributed by atoms with Gasteiger partial charge in [-0.1, -0.05) is 19.8 Å². The number of hydrogen-bond acceptors (Lipinski definition) is 2. The molecule has 1 fully saturated rings. The van der Waals surface area contributed by atoms with E-state index in [4.69, 9.17) is 5.73 Å². The van der Waals surface area contributed by atoms with Crippen molar-refractivity contribution in [3.05, 3.63) is 21.5 Å². The molecule has 1 aliphatic carbocycles. The van der Waals surface area contributed by atoms with Crippen LogP contribution in [0.5, 0.6) is 0 Å². The number of nitrogens with one attached hydrogen (secondary N) is 1. The summed E-state index contributed by atoms with van der Waals surface area (Å²) in [5.41, 5.74) is 7.27. The Morgan fingerprint density at radius 1 is 1.53 bits per heavy atom. The second kappa shape index (κ2) is 5.42. The Hall–Kier alpha value is -0.520. The fourth-order valence-electron chi connectivity index (χ4n) is 1.99. The minimum Gasteiger partial charge on any atom is -0.397 e. The first kappa shape index (κ1) is 12.9. The fraction of sp³-hybridized carbons (Fsp3) is 0.538. The lowest BCUT2D eigenvalue weighted by Crippen LogP contribution is -2.20. The molecule has 0 bridgehead atoms. The second-order valence-electron chi connectivity index (χ2n) is 4.78. The van der Waals surface area contributed by atoms with E-state index in [-0.39, 0.29) is 5.82 Å². The van der Waals surface area contributed by atoms with Gasteiger partial charge in [0.25, 0.3) is 0 Å². The molecule has 1 atom stereocenters. The van der Waals surface area contributed by atoms with E-state index < -0.39 is 0 Å². The van der Waals surface area contributed by atoms with E-state index in [1.807, 2.05) is 22.6 Å². The zero-order valence-electron chi connectivity index (χ0n) is 9.97. The molecule has 0 spiro atoms. The van der Waals surface area contributed by atoms with Crippen molar-refractivity contribution in [3.63, 3.8) is 0 Å². The summed E-state index contributed by atoms with van der Waals surface area (Å²) in [5.74, 6) is 0.658. The van der Waals surface area contributed by atoms with Crippen molar-refractivity contribution in [3.8, 4) is 0 Å². The van der Waals surface area contributed by atoms with Gasteiger partial charge in [-0.3, -0.25) is 0 Å². The van der Waals surface area contributed by atoms with Crippen LogP contribution in [0.15, 0.2) is 12.1 Å². The monoisotopic (exact) mass is 348 g/mol. The molecule has 1 aromatic carbocycles.